The number of aryl methyl sites for hydroxylation is 1. The fourth-order valence-corrected chi connectivity index (χ4v) is 6.28. The summed E-state index contributed by atoms with van der Waals surface area (Å²) >= 11 is 0. The lowest BCUT2D eigenvalue weighted by atomic mass is 10.0. The average molecular weight is 657 g/mol. The SMILES string of the molecule is C[C@H](CO)N1C[C@H](C)[C@@H](CN(C)C(=O)c2ccncc2)OCCCC[C@H](C)Oc2ccc(NS(=O)(=O)c3cn(C)cn3)cc2C1=O. The molecule has 0 saturated heterocycles. The second-order valence-electron chi connectivity index (χ2n) is 11.9. The van der Waals surface area contributed by atoms with Gasteiger partial charge < -0.3 is 28.9 Å². The molecule has 4 rings (SSSR count). The highest BCUT2D eigenvalue weighted by atomic mass is 32.2. The molecule has 0 radical (unpaired) electrons. The monoisotopic (exact) mass is 656 g/mol. The Kier molecular flexibility index (Phi) is 11.8. The molecule has 3 aromatic rings. The molecule has 4 atom stereocenters. The molecule has 46 heavy (non-hydrogen) atoms. The van der Waals surface area contributed by atoms with Gasteiger partial charge in [0, 0.05) is 69.6 Å². The van der Waals surface area contributed by atoms with Crippen LogP contribution in [0.2, 0.25) is 0 Å². The maximum atomic E-state index is 14.3. The highest BCUT2D eigenvalue weighted by Crippen LogP contribution is 2.29. The van der Waals surface area contributed by atoms with E-state index in [-0.39, 0.29) is 53.9 Å². The van der Waals surface area contributed by atoms with Crippen molar-refractivity contribution in [3.8, 4) is 5.75 Å². The fourth-order valence-electron chi connectivity index (χ4n) is 5.25. The van der Waals surface area contributed by atoms with Crippen molar-refractivity contribution in [3.63, 3.8) is 0 Å². The lowest BCUT2D eigenvalue weighted by Crippen LogP contribution is -2.48. The van der Waals surface area contributed by atoms with E-state index in [1.807, 2.05) is 13.8 Å². The number of nitrogens with one attached hydrogen (secondary N) is 1. The molecule has 3 heterocycles. The first-order chi connectivity index (χ1) is 21.9. The van der Waals surface area contributed by atoms with E-state index in [1.165, 1.54) is 23.2 Å². The van der Waals surface area contributed by atoms with Crippen molar-refractivity contribution in [1.82, 2.24) is 24.3 Å². The van der Waals surface area contributed by atoms with Crippen molar-refractivity contribution in [2.24, 2.45) is 13.0 Å². The Bertz CT molecular complexity index is 1580. The normalized spacial score (nSPS) is 20.6. The highest BCUT2D eigenvalue weighted by molar-refractivity contribution is 7.92. The Morgan fingerprint density at radius 1 is 1.20 bits per heavy atom. The maximum absolute atomic E-state index is 14.3. The zero-order valence-corrected chi connectivity index (χ0v) is 27.8. The minimum absolute atomic E-state index is 0.153. The summed E-state index contributed by atoms with van der Waals surface area (Å²) in [6.45, 7) is 6.25. The van der Waals surface area contributed by atoms with Crippen LogP contribution in [0, 0.1) is 5.92 Å². The van der Waals surface area contributed by atoms with E-state index in [0.717, 1.165) is 12.8 Å². The number of imidazole rings is 1. The largest absolute Gasteiger partial charge is 0.490 e. The fraction of sp³-hybridized carbons (Fsp3) is 0.500. The molecule has 0 fully saturated rings. The van der Waals surface area contributed by atoms with Crippen LogP contribution in [-0.4, -0.2) is 101 Å². The van der Waals surface area contributed by atoms with Gasteiger partial charge in [-0.3, -0.25) is 19.3 Å². The lowest BCUT2D eigenvalue weighted by Gasteiger charge is -2.36. The number of fused-ring (bicyclic) bond motifs is 1. The molecule has 0 unspecified atom stereocenters. The van der Waals surface area contributed by atoms with Crippen molar-refractivity contribution >= 4 is 27.5 Å². The van der Waals surface area contributed by atoms with E-state index in [2.05, 4.69) is 14.7 Å². The van der Waals surface area contributed by atoms with Crippen molar-refractivity contribution in [2.75, 3.05) is 38.1 Å². The summed E-state index contributed by atoms with van der Waals surface area (Å²) in [7, 11) is -0.645. The quantitative estimate of drug-likeness (QED) is 0.372. The first-order valence-electron chi connectivity index (χ1n) is 15.4. The third-order valence-electron chi connectivity index (χ3n) is 7.99. The van der Waals surface area contributed by atoms with Crippen LogP contribution in [0.25, 0.3) is 0 Å². The standard InChI is InChI=1S/C32H44N6O7S/c1-22-17-38(23(2)20-39)32(41)27-16-26(35-46(42,43)30-19-36(4)21-34-30)9-10-28(27)45-24(3)8-6-7-15-44-29(22)18-37(5)31(40)25-11-13-33-14-12-25/h9-14,16,19,21-24,29,35,39H,6-8,15,17-18,20H2,1-5H3/t22-,23+,24-,29+/m0/s1. The van der Waals surface area contributed by atoms with Gasteiger partial charge in [-0.1, -0.05) is 6.92 Å². The topological polar surface area (TPSA) is 156 Å². The number of ether oxygens (including phenoxy) is 2. The molecule has 2 aromatic heterocycles. The number of sulfonamides is 1. The van der Waals surface area contributed by atoms with E-state index in [9.17, 15) is 23.1 Å². The van der Waals surface area contributed by atoms with E-state index in [0.29, 0.717) is 24.3 Å². The molecule has 1 aromatic carbocycles. The number of likely N-dealkylation sites (N-methyl/N-ethyl adjacent to an activating group) is 1. The number of rotatable bonds is 8. The van der Waals surface area contributed by atoms with Crippen LogP contribution >= 0.6 is 0 Å². The Balaban J connectivity index is 1.66. The lowest BCUT2D eigenvalue weighted by molar-refractivity contribution is -0.0149. The number of aromatic nitrogens is 3. The van der Waals surface area contributed by atoms with Gasteiger partial charge in [-0.15, -0.1) is 0 Å². The molecule has 0 bridgehead atoms. The average Bonchev–Trinajstić information content (AvgIpc) is 3.49. The molecule has 0 aliphatic carbocycles. The van der Waals surface area contributed by atoms with Crippen LogP contribution in [-0.2, 0) is 21.8 Å². The number of nitrogens with zero attached hydrogens (tertiary/aromatic N) is 5. The minimum Gasteiger partial charge on any atom is -0.490 e. The summed E-state index contributed by atoms with van der Waals surface area (Å²) in [5.41, 5.74) is 0.828. The van der Waals surface area contributed by atoms with E-state index in [4.69, 9.17) is 9.47 Å². The Labute approximate surface area is 270 Å². The molecule has 14 heteroatoms. The third-order valence-corrected chi connectivity index (χ3v) is 9.25. The summed E-state index contributed by atoms with van der Waals surface area (Å²) in [5.74, 6) is -0.544. The van der Waals surface area contributed by atoms with Crippen LogP contribution in [0.3, 0.4) is 0 Å². The van der Waals surface area contributed by atoms with Gasteiger partial charge in [-0.05, 0) is 63.4 Å². The van der Waals surface area contributed by atoms with E-state index >= 15 is 0 Å². The molecular formula is C32H44N6O7S. The van der Waals surface area contributed by atoms with Gasteiger partial charge in [0.15, 0.2) is 5.03 Å². The van der Waals surface area contributed by atoms with Crippen LogP contribution in [0.4, 0.5) is 5.69 Å². The summed E-state index contributed by atoms with van der Waals surface area (Å²) in [6.07, 6.45) is 7.53. The van der Waals surface area contributed by atoms with Gasteiger partial charge in [0.1, 0.15) is 5.75 Å². The first kappa shape index (κ1) is 34.9. The molecule has 13 nitrogen and oxygen atoms in total. The Morgan fingerprint density at radius 3 is 2.61 bits per heavy atom. The molecule has 250 valence electrons. The molecule has 0 spiro atoms. The highest BCUT2D eigenvalue weighted by Gasteiger charge is 2.31. The molecule has 0 saturated carbocycles. The van der Waals surface area contributed by atoms with Gasteiger partial charge in [0.05, 0.1) is 36.7 Å². The number of hydrogen-bond donors (Lipinski definition) is 2. The van der Waals surface area contributed by atoms with Crippen LogP contribution in [0.1, 0.15) is 60.7 Å². The van der Waals surface area contributed by atoms with Crippen molar-refractivity contribution < 1.29 is 32.6 Å². The van der Waals surface area contributed by atoms with Gasteiger partial charge in [0.25, 0.3) is 21.8 Å². The van der Waals surface area contributed by atoms with Crippen LogP contribution in [0.15, 0.2) is 60.3 Å². The van der Waals surface area contributed by atoms with Crippen molar-refractivity contribution in [2.45, 2.75) is 63.3 Å². The van der Waals surface area contributed by atoms with Crippen molar-refractivity contribution in [1.29, 1.82) is 0 Å². The van der Waals surface area contributed by atoms with Crippen molar-refractivity contribution in [3.05, 3.63) is 66.4 Å². The predicted molar refractivity (Wildman–Crippen MR) is 172 cm³/mol. The van der Waals surface area contributed by atoms with Gasteiger partial charge in [-0.25, -0.2) is 4.98 Å². The molecule has 2 amide bonds. The summed E-state index contributed by atoms with van der Waals surface area (Å²) in [5, 5.41) is 10.0. The van der Waals surface area contributed by atoms with Gasteiger partial charge in [0.2, 0.25) is 0 Å². The number of aliphatic hydroxyl groups is 1. The smallest absolute Gasteiger partial charge is 0.280 e. The number of hydrogen-bond acceptors (Lipinski definition) is 9. The second kappa shape index (κ2) is 15.5. The maximum Gasteiger partial charge on any atom is 0.280 e. The number of benzene rings is 1. The van der Waals surface area contributed by atoms with Gasteiger partial charge in [-0.2, -0.15) is 8.42 Å². The Morgan fingerprint density at radius 2 is 1.93 bits per heavy atom. The number of pyridine rings is 1. The summed E-state index contributed by atoms with van der Waals surface area (Å²) < 4.78 is 42.7. The Hall–Kier alpha value is -4.01. The second-order valence-corrected chi connectivity index (χ2v) is 13.5. The predicted octanol–water partition coefficient (Wildman–Crippen LogP) is 3.18. The van der Waals surface area contributed by atoms with Crippen LogP contribution in [0.5, 0.6) is 5.75 Å². The zero-order chi connectivity index (χ0) is 33.4. The first-order valence-corrected chi connectivity index (χ1v) is 16.9. The summed E-state index contributed by atoms with van der Waals surface area (Å²) in [6, 6.07) is 7.32. The molecular weight excluding hydrogens is 612 g/mol. The van der Waals surface area contributed by atoms with E-state index < -0.39 is 28.1 Å². The summed E-state index contributed by atoms with van der Waals surface area (Å²) in [4.78, 5) is 38.5. The van der Waals surface area contributed by atoms with Gasteiger partial charge >= 0.3 is 0 Å². The number of amides is 2. The number of aliphatic hydroxyl groups excluding tert-OH is 1. The number of carbonyl (C=O) groups excluding carboxylic acids is 2. The zero-order valence-electron chi connectivity index (χ0n) is 27.0. The molecule has 2 N–H and O–H groups in total. The molecule has 1 aliphatic heterocycles. The van der Waals surface area contributed by atoms with E-state index in [1.54, 1.807) is 67.5 Å². The third kappa shape index (κ3) is 8.83. The number of carbonyl (C=O) groups is 2. The number of anilines is 1. The molecule has 1 aliphatic rings. The minimum atomic E-state index is -4.03. The van der Waals surface area contributed by atoms with Crippen LogP contribution < -0.4 is 9.46 Å².